The van der Waals surface area contributed by atoms with Gasteiger partial charge >= 0.3 is 0 Å². The van der Waals surface area contributed by atoms with E-state index in [0.717, 1.165) is 11.1 Å². The maximum Gasteiger partial charge on any atom is 0.294 e. The Morgan fingerprint density at radius 3 is 2.63 bits per heavy atom. The summed E-state index contributed by atoms with van der Waals surface area (Å²) in [7, 11) is 1.54. The minimum Gasteiger partial charge on any atom is -0.495 e. The highest BCUT2D eigenvalue weighted by atomic mass is 35.5. The molecule has 0 fully saturated rings. The van der Waals surface area contributed by atoms with E-state index in [-0.39, 0.29) is 5.92 Å². The van der Waals surface area contributed by atoms with Crippen LogP contribution in [0.4, 0.5) is 0 Å². The van der Waals surface area contributed by atoms with Gasteiger partial charge in [-0.2, -0.15) is 0 Å². The Balaban J connectivity index is 2.11. The molecule has 0 atom stereocenters. The predicted octanol–water partition coefficient (Wildman–Crippen LogP) is 4.22. The largest absolute Gasteiger partial charge is 0.495 e. The van der Waals surface area contributed by atoms with Gasteiger partial charge in [-0.05, 0) is 41.8 Å². The number of fused-ring (bicyclic) bond motifs is 1. The summed E-state index contributed by atoms with van der Waals surface area (Å²) in [5.74, 6) is -0.394. The van der Waals surface area contributed by atoms with Gasteiger partial charge < -0.3 is 14.5 Å². The second-order valence-electron chi connectivity index (χ2n) is 6.68. The zero-order valence-corrected chi connectivity index (χ0v) is 16.2. The van der Waals surface area contributed by atoms with Gasteiger partial charge in [0.25, 0.3) is 11.7 Å². The van der Waals surface area contributed by atoms with E-state index in [0.29, 0.717) is 28.6 Å². The van der Waals surface area contributed by atoms with Gasteiger partial charge in [0.2, 0.25) is 0 Å². The molecule has 0 bridgehead atoms. The summed E-state index contributed by atoms with van der Waals surface area (Å²) in [4.78, 5) is 25.4. The van der Waals surface area contributed by atoms with Gasteiger partial charge in [-0.3, -0.25) is 9.59 Å². The number of pyridine rings is 1. The highest BCUT2D eigenvalue weighted by Gasteiger charge is 2.25. The molecule has 6 heteroatoms. The molecule has 0 spiro atoms. The second-order valence-corrected chi connectivity index (χ2v) is 7.09. The van der Waals surface area contributed by atoms with Crippen LogP contribution in [0, 0.1) is 5.92 Å². The first-order valence-corrected chi connectivity index (χ1v) is 9.06. The van der Waals surface area contributed by atoms with Crippen molar-refractivity contribution < 1.29 is 14.3 Å². The van der Waals surface area contributed by atoms with Crippen LogP contribution in [0.2, 0.25) is 5.02 Å². The molecular formula is C21H21ClN2O3. The number of ether oxygens (including phenoxy) is 1. The van der Waals surface area contributed by atoms with Crippen molar-refractivity contribution in [2.75, 3.05) is 13.7 Å². The van der Waals surface area contributed by atoms with Crippen LogP contribution < -0.4 is 10.1 Å². The Labute approximate surface area is 162 Å². The van der Waals surface area contributed by atoms with Gasteiger partial charge in [-0.25, -0.2) is 0 Å². The van der Waals surface area contributed by atoms with Gasteiger partial charge in [0, 0.05) is 23.8 Å². The van der Waals surface area contributed by atoms with Crippen molar-refractivity contribution in [1.29, 1.82) is 0 Å². The summed E-state index contributed by atoms with van der Waals surface area (Å²) in [5, 5.41) is 3.13. The number of Topliss-reactive ketones (excluding diaryl/α,β-unsaturated/α-hetero) is 1. The summed E-state index contributed by atoms with van der Waals surface area (Å²) < 4.78 is 6.92. The molecule has 3 rings (SSSR count). The molecular weight excluding hydrogens is 364 g/mol. The topological polar surface area (TPSA) is 59.8 Å². The van der Waals surface area contributed by atoms with E-state index in [1.165, 1.54) is 0 Å². The maximum absolute atomic E-state index is 12.9. The van der Waals surface area contributed by atoms with Crippen molar-refractivity contribution in [2.45, 2.75) is 13.8 Å². The molecule has 140 valence electrons. The van der Waals surface area contributed by atoms with E-state index in [2.05, 4.69) is 5.32 Å². The Morgan fingerprint density at radius 1 is 1.19 bits per heavy atom. The van der Waals surface area contributed by atoms with E-state index in [9.17, 15) is 9.59 Å². The number of aromatic nitrogens is 1. The molecule has 0 saturated heterocycles. The molecule has 0 aliphatic heterocycles. The zero-order chi connectivity index (χ0) is 19.6. The molecule has 1 aromatic carbocycles. The van der Waals surface area contributed by atoms with Crippen LogP contribution >= 0.6 is 11.6 Å². The fraction of sp³-hybridized carbons (Fsp3) is 0.238. The lowest BCUT2D eigenvalue weighted by molar-refractivity contribution is -0.117. The molecule has 0 saturated carbocycles. The lowest BCUT2D eigenvalue weighted by Crippen LogP contribution is -2.34. The highest BCUT2D eigenvalue weighted by molar-refractivity contribution is 6.43. The van der Waals surface area contributed by atoms with E-state index < -0.39 is 11.7 Å². The first-order valence-electron chi connectivity index (χ1n) is 8.69. The Bertz CT molecular complexity index is 1010. The smallest absolute Gasteiger partial charge is 0.294 e. The number of halogens is 1. The summed E-state index contributed by atoms with van der Waals surface area (Å²) in [6, 6.07) is 12.8. The van der Waals surface area contributed by atoms with Gasteiger partial charge in [0.15, 0.2) is 0 Å². The summed E-state index contributed by atoms with van der Waals surface area (Å²) >= 11 is 6.26. The quantitative estimate of drug-likeness (QED) is 0.511. The van der Waals surface area contributed by atoms with E-state index in [4.69, 9.17) is 16.3 Å². The average Bonchev–Trinajstić information content (AvgIpc) is 3.04. The molecule has 1 N–H and O–H groups in total. The van der Waals surface area contributed by atoms with Crippen LogP contribution in [0.5, 0.6) is 5.75 Å². The molecule has 2 heterocycles. The fourth-order valence-electron chi connectivity index (χ4n) is 2.89. The first-order chi connectivity index (χ1) is 12.9. The van der Waals surface area contributed by atoms with Crippen LogP contribution in [-0.2, 0) is 4.79 Å². The third kappa shape index (κ3) is 3.83. The normalized spacial score (nSPS) is 11.0. The van der Waals surface area contributed by atoms with Crippen LogP contribution in [0.1, 0.15) is 24.3 Å². The van der Waals surface area contributed by atoms with Crippen molar-refractivity contribution in [2.24, 2.45) is 5.92 Å². The molecule has 3 aromatic rings. The number of hydrogen-bond donors (Lipinski definition) is 1. The molecule has 5 nitrogen and oxygen atoms in total. The number of carbonyl (C=O) groups excluding carboxylic acids is 2. The van der Waals surface area contributed by atoms with Crippen molar-refractivity contribution in [3.8, 4) is 16.9 Å². The molecule has 0 radical (unpaired) electrons. The third-order valence-electron chi connectivity index (χ3n) is 4.23. The number of nitrogens with one attached hydrogen (secondary N) is 1. The number of hydrogen-bond acceptors (Lipinski definition) is 3. The molecule has 27 heavy (non-hydrogen) atoms. The Hall–Kier alpha value is -2.79. The van der Waals surface area contributed by atoms with Gasteiger partial charge in [0.1, 0.15) is 11.4 Å². The molecule has 0 aliphatic carbocycles. The number of amides is 1. The summed E-state index contributed by atoms with van der Waals surface area (Å²) in [6.07, 6.45) is 1.77. The fourth-order valence-corrected chi connectivity index (χ4v) is 3.15. The van der Waals surface area contributed by atoms with E-state index in [1.807, 2.05) is 44.2 Å². The third-order valence-corrected chi connectivity index (χ3v) is 4.53. The van der Waals surface area contributed by atoms with Crippen LogP contribution in [-0.4, -0.2) is 29.7 Å². The van der Waals surface area contributed by atoms with Gasteiger partial charge in [0.05, 0.1) is 12.1 Å². The number of benzene rings is 1. The molecule has 2 aromatic heterocycles. The average molecular weight is 385 g/mol. The van der Waals surface area contributed by atoms with Crippen LogP contribution in [0.15, 0.2) is 48.7 Å². The number of ketones is 1. The van der Waals surface area contributed by atoms with E-state index >= 15 is 0 Å². The minimum absolute atomic E-state index is 0.255. The van der Waals surface area contributed by atoms with Gasteiger partial charge in [-0.15, -0.1) is 0 Å². The van der Waals surface area contributed by atoms with Crippen LogP contribution in [0.3, 0.4) is 0 Å². The molecule has 1 amide bonds. The Morgan fingerprint density at radius 2 is 1.96 bits per heavy atom. The number of methoxy groups -OCH3 is 1. The lowest BCUT2D eigenvalue weighted by atomic mass is 10.0. The SMILES string of the molecule is COc1ccc(-c2cc3ccccn3c2C(=O)C(=O)NCC(C)C)cc1Cl. The number of nitrogens with zero attached hydrogens (tertiary/aromatic N) is 1. The standard InChI is InChI=1S/C21H21ClN2O3/c1-13(2)12-23-21(26)20(25)19-16(11-15-6-4-5-9-24(15)19)14-7-8-18(27-3)17(22)10-14/h4-11,13H,12H2,1-3H3,(H,23,26). The number of rotatable bonds is 6. The van der Waals surface area contributed by atoms with Crippen molar-refractivity contribution in [1.82, 2.24) is 9.72 Å². The number of carbonyl (C=O) groups is 2. The second kappa shape index (κ2) is 7.84. The predicted molar refractivity (Wildman–Crippen MR) is 107 cm³/mol. The highest BCUT2D eigenvalue weighted by Crippen LogP contribution is 2.33. The first kappa shape index (κ1) is 19.0. The van der Waals surface area contributed by atoms with E-state index in [1.54, 1.807) is 29.8 Å². The Kier molecular flexibility index (Phi) is 5.51. The lowest BCUT2D eigenvalue weighted by Gasteiger charge is -2.10. The maximum atomic E-state index is 12.9. The minimum atomic E-state index is -0.617. The van der Waals surface area contributed by atoms with Crippen molar-refractivity contribution in [3.63, 3.8) is 0 Å². The summed E-state index contributed by atoms with van der Waals surface area (Å²) in [6.45, 7) is 4.39. The molecule has 0 unspecified atom stereocenters. The van der Waals surface area contributed by atoms with Crippen molar-refractivity contribution in [3.05, 3.63) is 59.4 Å². The zero-order valence-electron chi connectivity index (χ0n) is 15.5. The molecule has 0 aliphatic rings. The van der Waals surface area contributed by atoms with Gasteiger partial charge in [-0.1, -0.05) is 37.6 Å². The summed E-state index contributed by atoms with van der Waals surface area (Å²) in [5.41, 5.74) is 2.52. The van der Waals surface area contributed by atoms with Crippen molar-refractivity contribution >= 4 is 28.8 Å². The monoisotopic (exact) mass is 384 g/mol. The van der Waals surface area contributed by atoms with Crippen LogP contribution in [0.25, 0.3) is 16.6 Å².